The number of amides is 1. The van der Waals surface area contributed by atoms with Gasteiger partial charge < -0.3 is 13.6 Å². The first kappa shape index (κ1) is 18.7. The highest BCUT2D eigenvalue weighted by Crippen LogP contribution is 2.36. The first-order chi connectivity index (χ1) is 14.6. The number of fused-ring (bicyclic) bond motifs is 2. The molecule has 150 valence electrons. The van der Waals surface area contributed by atoms with Gasteiger partial charge in [-0.2, -0.15) is 0 Å². The summed E-state index contributed by atoms with van der Waals surface area (Å²) in [7, 11) is 0. The number of anilines is 1. The second kappa shape index (κ2) is 7.47. The molecule has 0 fully saturated rings. The predicted octanol–water partition coefficient (Wildman–Crippen LogP) is 6.00. The minimum atomic E-state index is -0.417. The summed E-state index contributed by atoms with van der Waals surface area (Å²) >= 11 is 7.66. The van der Waals surface area contributed by atoms with E-state index in [0.29, 0.717) is 33.6 Å². The number of hydrogen-bond donors (Lipinski definition) is 1. The van der Waals surface area contributed by atoms with E-state index >= 15 is 0 Å². The summed E-state index contributed by atoms with van der Waals surface area (Å²) in [5.74, 6) is 0.741. The van der Waals surface area contributed by atoms with Gasteiger partial charge in [0.2, 0.25) is 0 Å². The maximum atomic E-state index is 12.7. The maximum Gasteiger partial charge on any atom is 0.322 e. The number of ether oxygens (including phenoxy) is 1. The van der Waals surface area contributed by atoms with Crippen LogP contribution in [0.15, 0.2) is 57.4 Å². The first-order valence-corrected chi connectivity index (χ1v) is 10.3. The van der Waals surface area contributed by atoms with E-state index in [2.05, 4.69) is 15.5 Å². The van der Waals surface area contributed by atoms with Crippen LogP contribution in [0.1, 0.15) is 16.6 Å². The van der Waals surface area contributed by atoms with Crippen molar-refractivity contribution in [1.29, 1.82) is 0 Å². The molecule has 9 heteroatoms. The number of nitrogens with zero attached hydrogens (tertiary/aromatic N) is 2. The predicted molar refractivity (Wildman–Crippen MR) is 115 cm³/mol. The molecule has 0 spiro atoms. The van der Waals surface area contributed by atoms with E-state index in [1.807, 2.05) is 49.4 Å². The van der Waals surface area contributed by atoms with Crippen LogP contribution >= 0.6 is 22.9 Å². The quantitative estimate of drug-likeness (QED) is 0.361. The lowest BCUT2D eigenvalue weighted by atomic mass is 10.2. The molecule has 0 unspecified atom stereocenters. The van der Waals surface area contributed by atoms with Crippen LogP contribution in [0.25, 0.3) is 32.7 Å². The number of rotatable bonds is 5. The number of thiophene rings is 1. The van der Waals surface area contributed by atoms with Crippen molar-refractivity contribution in [3.8, 4) is 17.4 Å². The topological polar surface area (TPSA) is 90.4 Å². The number of hydrogen-bond acceptors (Lipinski definition) is 7. The van der Waals surface area contributed by atoms with E-state index in [9.17, 15) is 4.79 Å². The maximum absolute atomic E-state index is 12.7. The van der Waals surface area contributed by atoms with Crippen LogP contribution in [0.5, 0.6) is 5.75 Å². The molecule has 0 aliphatic rings. The lowest BCUT2D eigenvalue weighted by Crippen LogP contribution is -2.10. The van der Waals surface area contributed by atoms with Crippen molar-refractivity contribution >= 4 is 55.9 Å². The van der Waals surface area contributed by atoms with E-state index in [0.717, 1.165) is 15.5 Å². The lowest BCUT2D eigenvalue weighted by Gasteiger charge is -2.01. The second-order valence-electron chi connectivity index (χ2n) is 6.33. The van der Waals surface area contributed by atoms with Gasteiger partial charge in [-0.25, -0.2) is 0 Å². The molecule has 3 aromatic heterocycles. The molecule has 0 aliphatic carbocycles. The standard InChI is InChI=1S/C21H14ClN3O4S/c1-2-27-13-8-5-6-11-10-14(28-17(11)13)20-24-25-21(29-20)23-19(26)18-16(22)12-7-3-4-9-15(12)30-18/h3-10H,2H2,1H3,(H,23,25,26). The van der Waals surface area contributed by atoms with Crippen LogP contribution < -0.4 is 10.1 Å². The fourth-order valence-corrected chi connectivity index (χ4v) is 4.51. The van der Waals surface area contributed by atoms with Crippen molar-refractivity contribution in [3.63, 3.8) is 0 Å². The Morgan fingerprint density at radius 3 is 2.87 bits per heavy atom. The third-order valence-corrected chi connectivity index (χ3v) is 6.08. The highest BCUT2D eigenvalue weighted by molar-refractivity contribution is 7.21. The third-order valence-electron chi connectivity index (χ3n) is 4.41. The van der Waals surface area contributed by atoms with Crippen molar-refractivity contribution in [3.05, 3.63) is 58.4 Å². The number of furan rings is 1. The van der Waals surface area contributed by atoms with Crippen LogP contribution in [0.2, 0.25) is 5.02 Å². The largest absolute Gasteiger partial charge is 0.490 e. The van der Waals surface area contributed by atoms with Crippen molar-refractivity contribution in [2.45, 2.75) is 6.92 Å². The molecule has 30 heavy (non-hydrogen) atoms. The molecule has 3 heterocycles. The van der Waals surface area contributed by atoms with Crippen molar-refractivity contribution in [1.82, 2.24) is 10.2 Å². The van der Waals surface area contributed by atoms with E-state index < -0.39 is 5.91 Å². The molecule has 5 aromatic rings. The van der Waals surface area contributed by atoms with Crippen LogP contribution in [-0.4, -0.2) is 22.7 Å². The molecule has 0 aliphatic heterocycles. The van der Waals surface area contributed by atoms with Crippen molar-refractivity contribution in [2.75, 3.05) is 11.9 Å². The summed E-state index contributed by atoms with van der Waals surface area (Å²) in [5, 5.41) is 12.5. The summed E-state index contributed by atoms with van der Waals surface area (Å²) < 4.78 is 17.9. The van der Waals surface area contributed by atoms with Gasteiger partial charge in [-0.05, 0) is 25.1 Å². The number of nitrogens with one attached hydrogen (secondary N) is 1. The summed E-state index contributed by atoms with van der Waals surface area (Å²) in [4.78, 5) is 13.0. The van der Waals surface area contributed by atoms with Gasteiger partial charge in [-0.1, -0.05) is 47.0 Å². The molecule has 0 saturated carbocycles. The third kappa shape index (κ3) is 3.20. The second-order valence-corrected chi connectivity index (χ2v) is 7.76. The Morgan fingerprint density at radius 2 is 2.03 bits per heavy atom. The van der Waals surface area contributed by atoms with Gasteiger partial charge in [0.05, 0.1) is 11.6 Å². The molecule has 2 aromatic carbocycles. The first-order valence-electron chi connectivity index (χ1n) is 9.11. The summed E-state index contributed by atoms with van der Waals surface area (Å²) in [6.45, 7) is 2.42. The molecule has 1 N–H and O–H groups in total. The zero-order valence-electron chi connectivity index (χ0n) is 15.6. The van der Waals surface area contributed by atoms with E-state index in [-0.39, 0.29) is 11.9 Å². The Labute approximate surface area is 179 Å². The van der Waals surface area contributed by atoms with Crippen molar-refractivity contribution in [2.24, 2.45) is 0 Å². The number of carbonyl (C=O) groups excluding carboxylic acids is 1. The fourth-order valence-electron chi connectivity index (χ4n) is 3.10. The summed E-state index contributed by atoms with van der Waals surface area (Å²) in [5.41, 5.74) is 0.593. The number of halogens is 1. The van der Waals surface area contributed by atoms with Gasteiger partial charge in [-0.3, -0.25) is 10.1 Å². The van der Waals surface area contributed by atoms with Crippen LogP contribution in [0.4, 0.5) is 6.01 Å². The summed E-state index contributed by atoms with van der Waals surface area (Å²) in [6.07, 6.45) is 0. The zero-order chi connectivity index (χ0) is 20.7. The molecule has 5 rings (SSSR count). The Morgan fingerprint density at radius 1 is 1.17 bits per heavy atom. The molecule has 7 nitrogen and oxygen atoms in total. The van der Waals surface area contributed by atoms with Crippen LogP contribution in [0.3, 0.4) is 0 Å². The molecule has 0 saturated heterocycles. The van der Waals surface area contributed by atoms with Gasteiger partial charge in [0.1, 0.15) is 4.88 Å². The Balaban J connectivity index is 1.41. The average Bonchev–Trinajstić information content (AvgIpc) is 3.46. The number of carbonyl (C=O) groups is 1. The van der Waals surface area contributed by atoms with Gasteiger partial charge in [-0.15, -0.1) is 16.4 Å². The highest BCUT2D eigenvalue weighted by atomic mass is 35.5. The zero-order valence-corrected chi connectivity index (χ0v) is 17.2. The average molecular weight is 440 g/mol. The highest BCUT2D eigenvalue weighted by Gasteiger charge is 2.21. The number of aromatic nitrogens is 2. The van der Waals surface area contributed by atoms with Gasteiger partial charge in [0.15, 0.2) is 17.1 Å². The molecular weight excluding hydrogens is 426 g/mol. The number of benzene rings is 2. The Bertz CT molecular complexity index is 1390. The van der Waals surface area contributed by atoms with E-state index in [1.54, 1.807) is 6.07 Å². The SMILES string of the molecule is CCOc1cccc2cc(-c3nnc(NC(=O)c4sc5ccccc5c4Cl)o3)oc12. The van der Waals surface area contributed by atoms with Gasteiger partial charge >= 0.3 is 6.01 Å². The Kier molecular flexibility index (Phi) is 4.65. The monoisotopic (exact) mass is 439 g/mol. The smallest absolute Gasteiger partial charge is 0.322 e. The van der Waals surface area contributed by atoms with Crippen LogP contribution in [-0.2, 0) is 0 Å². The molecule has 0 bridgehead atoms. The minimum Gasteiger partial charge on any atom is -0.490 e. The normalized spacial score (nSPS) is 11.3. The fraction of sp³-hybridized carbons (Fsp3) is 0.0952. The van der Waals surface area contributed by atoms with E-state index in [1.165, 1.54) is 11.3 Å². The van der Waals surface area contributed by atoms with Gasteiger partial charge in [0, 0.05) is 15.5 Å². The molecular formula is C21H14ClN3O4S. The summed E-state index contributed by atoms with van der Waals surface area (Å²) in [6, 6.07) is 14.9. The van der Waals surface area contributed by atoms with E-state index in [4.69, 9.17) is 25.2 Å². The van der Waals surface area contributed by atoms with Crippen molar-refractivity contribution < 1.29 is 18.4 Å². The molecule has 0 atom stereocenters. The van der Waals surface area contributed by atoms with Crippen LogP contribution in [0, 0.1) is 0 Å². The minimum absolute atomic E-state index is 0.0472. The molecule has 0 radical (unpaired) electrons. The van der Waals surface area contributed by atoms with Gasteiger partial charge in [0.25, 0.3) is 11.8 Å². The molecule has 1 amide bonds. The lowest BCUT2D eigenvalue weighted by molar-refractivity contribution is 0.102. The number of para-hydroxylation sites is 1. The Hall–Kier alpha value is -3.36.